The molecule has 0 spiro atoms. The Morgan fingerprint density at radius 3 is 2.00 bits per heavy atom. The van der Waals surface area contributed by atoms with Gasteiger partial charge in [0.15, 0.2) is 5.25 Å². The molecule has 0 amide bonds. The van der Waals surface area contributed by atoms with Crippen LogP contribution in [0.25, 0.3) is 0 Å². The second-order valence-electron chi connectivity index (χ2n) is 7.72. The Kier molecular flexibility index (Phi) is 23.1. The van der Waals surface area contributed by atoms with E-state index in [-0.39, 0.29) is 49.4 Å². The van der Waals surface area contributed by atoms with Gasteiger partial charge in [0.05, 0.1) is 26.2 Å². The minimum absolute atomic E-state index is 0. The maximum atomic E-state index is 12.0. The van der Waals surface area contributed by atoms with Gasteiger partial charge in [-0.1, -0.05) is 70.8 Å². The normalized spacial score (nSPS) is 12.9. The molecule has 0 saturated carbocycles. The summed E-state index contributed by atoms with van der Waals surface area (Å²) >= 11 is 0. The number of ether oxygens (including phenoxy) is 3. The molecule has 2 atom stereocenters. The summed E-state index contributed by atoms with van der Waals surface area (Å²) in [7, 11) is -4.88. The van der Waals surface area contributed by atoms with E-state index in [0.717, 1.165) is 19.3 Å². The standard InChI is InChI=1S/C22H40O9S.Na.H/c1-3-5-6-7-8-9-10-11-12-13-15-30-21(24)16-20(32(26,27)28)22(25)31-18-19(23)17-29-14-4-2;;/h4,19-20,23H,2-3,5-18H2,1H3,(H,26,27,28);;. The summed E-state index contributed by atoms with van der Waals surface area (Å²) in [5, 5.41) is 7.51. The molecule has 0 radical (unpaired) electrons. The predicted molar refractivity (Wildman–Crippen MR) is 128 cm³/mol. The molecule has 0 rings (SSSR count). The van der Waals surface area contributed by atoms with Crippen LogP contribution in [-0.4, -0.2) is 97.4 Å². The Bertz CT molecular complexity index is 625. The molecule has 0 aliphatic rings. The number of aliphatic hydroxyl groups excluding tert-OH is 1. The Morgan fingerprint density at radius 1 is 0.939 bits per heavy atom. The van der Waals surface area contributed by atoms with Gasteiger partial charge in [0.25, 0.3) is 10.1 Å². The van der Waals surface area contributed by atoms with Crippen LogP contribution in [0.4, 0.5) is 0 Å². The van der Waals surface area contributed by atoms with Crippen LogP contribution in [-0.2, 0) is 33.9 Å². The zero-order chi connectivity index (χ0) is 24.2. The summed E-state index contributed by atoms with van der Waals surface area (Å²) < 4.78 is 46.9. The number of hydrogen-bond acceptors (Lipinski definition) is 8. The van der Waals surface area contributed by atoms with Crippen molar-refractivity contribution in [3.63, 3.8) is 0 Å². The second kappa shape index (κ2) is 22.0. The van der Waals surface area contributed by atoms with Crippen LogP contribution in [0, 0.1) is 0 Å². The van der Waals surface area contributed by atoms with Crippen molar-refractivity contribution in [3.8, 4) is 0 Å². The number of esters is 2. The molecule has 0 aromatic carbocycles. The van der Waals surface area contributed by atoms with E-state index in [1.165, 1.54) is 44.6 Å². The molecule has 0 aliphatic carbocycles. The Hall–Kier alpha value is -0.490. The summed E-state index contributed by atoms with van der Waals surface area (Å²) in [6, 6.07) is 0. The van der Waals surface area contributed by atoms with Gasteiger partial charge in [-0.05, 0) is 6.42 Å². The molecule has 0 fully saturated rings. The van der Waals surface area contributed by atoms with Gasteiger partial charge in [-0.15, -0.1) is 6.58 Å². The summed E-state index contributed by atoms with van der Waals surface area (Å²) in [5.74, 6) is -2.26. The molecule has 2 unspecified atom stereocenters. The van der Waals surface area contributed by atoms with Crippen molar-refractivity contribution in [1.29, 1.82) is 0 Å². The number of hydrogen-bond donors (Lipinski definition) is 2. The third kappa shape index (κ3) is 20.6. The molecule has 0 aromatic rings. The number of aliphatic hydroxyl groups is 1. The van der Waals surface area contributed by atoms with E-state index in [0.29, 0.717) is 6.42 Å². The molecule has 0 saturated heterocycles. The van der Waals surface area contributed by atoms with Crippen LogP contribution >= 0.6 is 0 Å². The summed E-state index contributed by atoms with van der Waals surface area (Å²) in [6.45, 7) is 5.22. The molecule has 0 aliphatic heterocycles. The molecule has 9 nitrogen and oxygen atoms in total. The molecule has 0 aromatic heterocycles. The Labute approximate surface area is 220 Å². The summed E-state index contributed by atoms with van der Waals surface area (Å²) in [6.07, 6.45) is 10.6. The van der Waals surface area contributed by atoms with Crippen molar-refractivity contribution in [2.24, 2.45) is 0 Å². The molecule has 33 heavy (non-hydrogen) atoms. The van der Waals surface area contributed by atoms with Crippen molar-refractivity contribution in [2.45, 2.75) is 88.9 Å². The fourth-order valence-electron chi connectivity index (χ4n) is 2.90. The van der Waals surface area contributed by atoms with Gasteiger partial charge < -0.3 is 19.3 Å². The van der Waals surface area contributed by atoms with Gasteiger partial charge in [0, 0.05) is 0 Å². The van der Waals surface area contributed by atoms with E-state index in [2.05, 4.69) is 13.5 Å². The number of rotatable bonds is 21. The van der Waals surface area contributed by atoms with Gasteiger partial charge in [0.1, 0.15) is 12.7 Å². The summed E-state index contributed by atoms with van der Waals surface area (Å²) in [5.41, 5.74) is 0. The monoisotopic (exact) mass is 504 g/mol. The molecule has 0 heterocycles. The third-order valence-electron chi connectivity index (χ3n) is 4.70. The van der Waals surface area contributed by atoms with E-state index in [1.807, 2.05) is 0 Å². The minimum atomic E-state index is -4.88. The molecule has 2 N–H and O–H groups in total. The molecule has 190 valence electrons. The van der Waals surface area contributed by atoms with E-state index < -0.39 is 46.4 Å². The van der Waals surface area contributed by atoms with Crippen molar-refractivity contribution >= 4 is 51.6 Å². The van der Waals surface area contributed by atoms with E-state index >= 15 is 0 Å². The van der Waals surface area contributed by atoms with Crippen LogP contribution in [0.2, 0.25) is 0 Å². The number of unbranched alkanes of at least 4 members (excludes halogenated alkanes) is 9. The topological polar surface area (TPSA) is 136 Å². The first-order valence-corrected chi connectivity index (χ1v) is 12.9. The van der Waals surface area contributed by atoms with E-state index in [4.69, 9.17) is 14.2 Å². The van der Waals surface area contributed by atoms with Crippen LogP contribution in [0.3, 0.4) is 0 Å². The second-order valence-corrected chi connectivity index (χ2v) is 9.32. The third-order valence-corrected chi connectivity index (χ3v) is 5.78. The average molecular weight is 505 g/mol. The van der Waals surface area contributed by atoms with Crippen LogP contribution in [0.5, 0.6) is 0 Å². The fraction of sp³-hybridized carbons (Fsp3) is 0.818. The number of carbonyl (C=O) groups excluding carboxylic acids is 2. The molecule has 11 heteroatoms. The van der Waals surface area contributed by atoms with Crippen molar-refractivity contribution in [1.82, 2.24) is 0 Å². The number of carbonyl (C=O) groups is 2. The van der Waals surface area contributed by atoms with E-state index in [9.17, 15) is 27.7 Å². The van der Waals surface area contributed by atoms with Crippen LogP contribution < -0.4 is 0 Å². The van der Waals surface area contributed by atoms with Crippen LogP contribution in [0.15, 0.2) is 12.7 Å². The van der Waals surface area contributed by atoms with Gasteiger partial charge in [0.2, 0.25) is 0 Å². The Balaban J connectivity index is 0. The van der Waals surface area contributed by atoms with Gasteiger partial charge in [-0.2, -0.15) is 8.42 Å². The van der Waals surface area contributed by atoms with E-state index in [1.54, 1.807) is 0 Å². The molecule has 0 bridgehead atoms. The first-order valence-electron chi connectivity index (χ1n) is 11.4. The average Bonchev–Trinajstić information content (AvgIpc) is 2.73. The van der Waals surface area contributed by atoms with Gasteiger partial charge >= 0.3 is 41.5 Å². The van der Waals surface area contributed by atoms with Crippen molar-refractivity contribution < 1.29 is 41.9 Å². The maximum absolute atomic E-state index is 12.0. The van der Waals surface area contributed by atoms with Crippen molar-refractivity contribution in [2.75, 3.05) is 26.4 Å². The summed E-state index contributed by atoms with van der Waals surface area (Å²) in [4.78, 5) is 23.9. The van der Waals surface area contributed by atoms with Gasteiger partial charge in [-0.25, -0.2) is 0 Å². The van der Waals surface area contributed by atoms with Crippen molar-refractivity contribution in [3.05, 3.63) is 12.7 Å². The predicted octanol–water partition coefficient (Wildman–Crippen LogP) is 2.56. The first-order chi connectivity index (χ1) is 15.2. The first kappa shape index (κ1) is 34.7. The zero-order valence-corrected chi connectivity index (χ0v) is 20.0. The SMILES string of the molecule is C=CCOCC(O)COC(=O)C(CC(=O)OCCCCCCCCCCCC)S(=O)(=O)O.[NaH]. The van der Waals surface area contributed by atoms with Crippen LogP contribution in [0.1, 0.15) is 77.6 Å². The molecular weight excluding hydrogens is 463 g/mol. The quantitative estimate of drug-likeness (QED) is 0.0794. The van der Waals surface area contributed by atoms with Gasteiger partial charge in [-0.3, -0.25) is 14.1 Å². The Morgan fingerprint density at radius 2 is 1.48 bits per heavy atom. The zero-order valence-electron chi connectivity index (χ0n) is 19.2. The molecular formula is C22H41NaO9S. The fourth-order valence-corrected chi connectivity index (χ4v) is 3.56.